The van der Waals surface area contributed by atoms with Crippen LogP contribution in [0.5, 0.6) is 23.0 Å². The highest BCUT2D eigenvalue weighted by atomic mass is 32.2. The number of Topliss-reactive ketones (excluding diaryl/α,β-unsaturated/α-hetero) is 1. The lowest BCUT2D eigenvalue weighted by Crippen LogP contribution is -2.29. The normalized spacial score (nSPS) is 16.8. The molecule has 0 radical (unpaired) electrons. The quantitative estimate of drug-likeness (QED) is 0.0534. The van der Waals surface area contributed by atoms with Crippen molar-refractivity contribution in [2.45, 2.75) is 30.0 Å². The molecule has 3 heterocycles. The Morgan fingerprint density at radius 1 is 0.917 bits per heavy atom. The number of hydrogen-bond donors (Lipinski definition) is 1. The van der Waals surface area contributed by atoms with Crippen molar-refractivity contribution in [2.75, 3.05) is 31.3 Å². The summed E-state index contributed by atoms with van der Waals surface area (Å²) in [6.07, 6.45) is 0. The Labute approximate surface area is 284 Å². The number of thioether (sulfide) groups is 1. The van der Waals surface area contributed by atoms with E-state index >= 15 is 0 Å². The van der Waals surface area contributed by atoms with Crippen molar-refractivity contribution in [3.8, 4) is 23.0 Å². The zero-order chi connectivity index (χ0) is 33.2. The molecule has 10 nitrogen and oxygen atoms in total. The first-order valence-electron chi connectivity index (χ1n) is 15.5. The number of carbonyl (C=O) groups excluding carboxylic acids is 2. The molecule has 12 heteroatoms. The molecular weight excluding hydrogens is 651 g/mol. The van der Waals surface area contributed by atoms with Gasteiger partial charge in [0.15, 0.2) is 27.3 Å². The van der Waals surface area contributed by atoms with Gasteiger partial charge in [0.25, 0.3) is 5.78 Å². The molecule has 244 valence electrons. The number of nitrogens with zero attached hydrogens (tertiary/aromatic N) is 3. The summed E-state index contributed by atoms with van der Waals surface area (Å²) < 4.78 is 23.6. The summed E-state index contributed by atoms with van der Waals surface area (Å²) in [7, 11) is 0. The maximum Gasteiger partial charge on any atom is 0.301 e. The van der Waals surface area contributed by atoms with Gasteiger partial charge in [0.05, 0.1) is 24.8 Å². The van der Waals surface area contributed by atoms with Crippen LogP contribution in [0.25, 0.3) is 16.5 Å². The molecule has 0 aliphatic carbocycles. The van der Waals surface area contributed by atoms with Gasteiger partial charge in [-0.2, -0.15) is 0 Å². The zero-order valence-electron chi connectivity index (χ0n) is 26.2. The maximum atomic E-state index is 13.8. The van der Waals surface area contributed by atoms with Crippen molar-refractivity contribution in [1.29, 1.82) is 0 Å². The number of anilines is 1. The summed E-state index contributed by atoms with van der Waals surface area (Å²) in [5.41, 5.74) is 1.89. The van der Waals surface area contributed by atoms with E-state index in [0.29, 0.717) is 70.6 Å². The second kappa shape index (κ2) is 13.6. The number of ether oxygens (including phenoxy) is 4. The van der Waals surface area contributed by atoms with Gasteiger partial charge in [-0.3, -0.25) is 14.5 Å². The molecule has 7 rings (SSSR count). The van der Waals surface area contributed by atoms with Gasteiger partial charge < -0.3 is 24.1 Å². The third-order valence-corrected chi connectivity index (χ3v) is 10.1. The van der Waals surface area contributed by atoms with Crippen molar-refractivity contribution in [2.24, 2.45) is 0 Å². The number of aliphatic hydroxyl groups excluding tert-OH is 1. The number of hydrogen-bond acceptors (Lipinski definition) is 11. The fourth-order valence-electron chi connectivity index (χ4n) is 5.85. The first kappa shape index (κ1) is 31.5. The first-order chi connectivity index (χ1) is 23.5. The van der Waals surface area contributed by atoms with Crippen molar-refractivity contribution in [3.63, 3.8) is 0 Å². The summed E-state index contributed by atoms with van der Waals surface area (Å²) in [6, 6.07) is 23.5. The van der Waals surface area contributed by atoms with Crippen LogP contribution in [0.15, 0.2) is 88.8 Å². The second-order valence-electron chi connectivity index (χ2n) is 10.9. The number of rotatable bonds is 10. The molecule has 1 atom stereocenters. The van der Waals surface area contributed by atoms with Crippen LogP contribution in [-0.4, -0.2) is 53.4 Å². The molecule has 5 aromatic rings. The van der Waals surface area contributed by atoms with Gasteiger partial charge in [0.1, 0.15) is 19.0 Å². The van der Waals surface area contributed by atoms with Gasteiger partial charge in [-0.15, -0.1) is 10.2 Å². The molecule has 1 aromatic heterocycles. The Kier molecular flexibility index (Phi) is 8.92. The van der Waals surface area contributed by atoms with E-state index in [9.17, 15) is 14.7 Å². The van der Waals surface area contributed by atoms with Crippen LogP contribution in [0.4, 0.5) is 5.13 Å². The molecule has 0 spiro atoms. The molecule has 1 N–H and O–H groups in total. The van der Waals surface area contributed by atoms with Crippen molar-refractivity contribution in [3.05, 3.63) is 101 Å². The summed E-state index contributed by atoms with van der Waals surface area (Å²) in [4.78, 5) is 29.0. The van der Waals surface area contributed by atoms with Crippen molar-refractivity contribution >= 4 is 56.5 Å². The highest BCUT2D eigenvalue weighted by Crippen LogP contribution is 2.46. The lowest BCUT2D eigenvalue weighted by atomic mass is 9.95. The van der Waals surface area contributed by atoms with Crippen LogP contribution < -0.4 is 23.8 Å². The van der Waals surface area contributed by atoms with Gasteiger partial charge in [0.2, 0.25) is 5.13 Å². The Balaban J connectivity index is 1.29. The molecular formula is C36H31N3O7S2. The molecule has 2 aliphatic rings. The van der Waals surface area contributed by atoms with E-state index in [-0.39, 0.29) is 16.5 Å². The predicted octanol–water partition coefficient (Wildman–Crippen LogP) is 7.18. The molecule has 0 saturated carbocycles. The molecule has 48 heavy (non-hydrogen) atoms. The lowest BCUT2D eigenvalue weighted by Gasteiger charge is -2.24. The third kappa shape index (κ3) is 5.93. The number of ketones is 1. The van der Waals surface area contributed by atoms with Gasteiger partial charge in [0, 0.05) is 11.3 Å². The van der Waals surface area contributed by atoms with Crippen LogP contribution in [0.3, 0.4) is 0 Å². The van der Waals surface area contributed by atoms with E-state index in [1.807, 2.05) is 32.0 Å². The second-order valence-corrected chi connectivity index (χ2v) is 13.1. The van der Waals surface area contributed by atoms with E-state index in [1.165, 1.54) is 28.0 Å². The molecule has 1 amide bonds. The molecule has 4 aromatic carbocycles. The Hall–Kier alpha value is -5.07. The first-order valence-corrected chi connectivity index (χ1v) is 17.3. The van der Waals surface area contributed by atoms with Crippen molar-refractivity contribution < 1.29 is 33.6 Å². The summed E-state index contributed by atoms with van der Waals surface area (Å²) in [5, 5.41) is 23.0. The largest absolute Gasteiger partial charge is 0.507 e. The monoisotopic (exact) mass is 681 g/mol. The summed E-state index contributed by atoms with van der Waals surface area (Å²) in [6.45, 7) is 5.28. The van der Waals surface area contributed by atoms with Crippen molar-refractivity contribution in [1.82, 2.24) is 10.2 Å². The highest BCUT2D eigenvalue weighted by molar-refractivity contribution is 8.00. The molecule has 1 fully saturated rings. The number of benzene rings is 4. The molecule has 0 bridgehead atoms. The fraction of sp³-hybridized carbons (Fsp3) is 0.222. The minimum Gasteiger partial charge on any atom is -0.507 e. The van der Waals surface area contributed by atoms with E-state index < -0.39 is 17.7 Å². The van der Waals surface area contributed by atoms with Gasteiger partial charge in [-0.25, -0.2) is 0 Å². The molecule has 1 unspecified atom stereocenters. The number of amides is 1. The van der Waals surface area contributed by atoms with Crippen LogP contribution in [-0.2, 0) is 15.3 Å². The number of carbonyl (C=O) groups is 2. The van der Waals surface area contributed by atoms with E-state index in [0.717, 1.165) is 16.3 Å². The highest BCUT2D eigenvalue weighted by Gasteiger charge is 2.48. The number of aromatic nitrogens is 2. The fourth-order valence-corrected chi connectivity index (χ4v) is 7.72. The number of fused-ring (bicyclic) bond motifs is 2. The Bertz CT molecular complexity index is 2060. The maximum absolute atomic E-state index is 13.8. The van der Waals surface area contributed by atoms with Crippen LogP contribution >= 0.6 is 23.1 Å². The molecule has 2 aliphatic heterocycles. The van der Waals surface area contributed by atoms with Gasteiger partial charge >= 0.3 is 5.91 Å². The number of aliphatic hydroxyl groups is 1. The van der Waals surface area contributed by atoms with E-state index in [2.05, 4.69) is 34.5 Å². The summed E-state index contributed by atoms with van der Waals surface area (Å²) >= 11 is 2.71. The van der Waals surface area contributed by atoms with Crippen LogP contribution in [0, 0.1) is 0 Å². The SMILES string of the molecule is CCOc1ccc(C2/C(=C(\O)c3ccc4c(c3)OCCO4)C(=O)C(=O)N2c2nnc(SCc3cccc4ccccc34)s2)cc1OCC. The Morgan fingerprint density at radius 2 is 1.69 bits per heavy atom. The average Bonchev–Trinajstić information content (AvgIpc) is 3.69. The minimum absolute atomic E-state index is 0.0940. The smallest absolute Gasteiger partial charge is 0.301 e. The van der Waals surface area contributed by atoms with Crippen LogP contribution in [0.2, 0.25) is 0 Å². The van der Waals surface area contributed by atoms with Gasteiger partial charge in [-0.1, -0.05) is 71.6 Å². The van der Waals surface area contributed by atoms with Gasteiger partial charge in [-0.05, 0) is 66.1 Å². The predicted molar refractivity (Wildman–Crippen MR) is 184 cm³/mol. The average molecular weight is 682 g/mol. The van der Waals surface area contributed by atoms with E-state index in [1.54, 1.807) is 36.4 Å². The minimum atomic E-state index is -1.03. The standard InChI is InChI=1S/C36H31N3O7S2/c1-3-43-26-14-12-22(18-28(26)44-4-2)31-30(32(40)23-13-15-27-29(19-23)46-17-16-45-27)33(41)34(42)39(31)35-37-38-36(48-35)47-20-24-10-7-9-21-8-5-6-11-25(21)24/h5-15,18-19,31,40H,3-4,16-17,20H2,1-2H3/b32-30+. The lowest BCUT2D eigenvalue weighted by molar-refractivity contribution is -0.132. The Morgan fingerprint density at radius 3 is 2.52 bits per heavy atom. The molecule has 1 saturated heterocycles. The topological polar surface area (TPSA) is 120 Å². The zero-order valence-corrected chi connectivity index (χ0v) is 27.8. The van der Waals surface area contributed by atoms with Crippen LogP contribution in [0.1, 0.15) is 36.6 Å². The third-order valence-electron chi connectivity index (χ3n) is 7.98. The summed E-state index contributed by atoms with van der Waals surface area (Å²) in [5.74, 6) is 0.559. The van der Waals surface area contributed by atoms with E-state index in [4.69, 9.17) is 18.9 Å².